The molecule has 0 amide bonds. The Morgan fingerprint density at radius 1 is 1.39 bits per heavy atom. The van der Waals surface area contributed by atoms with Crippen molar-refractivity contribution in [3.63, 3.8) is 0 Å². The van der Waals surface area contributed by atoms with Gasteiger partial charge < -0.3 is 5.32 Å². The molecule has 0 spiro atoms. The number of nitrogens with zero attached hydrogens (tertiary/aromatic N) is 1. The highest BCUT2D eigenvalue weighted by molar-refractivity contribution is 7.10. The minimum Gasteiger partial charge on any atom is -0.356 e. The van der Waals surface area contributed by atoms with E-state index < -0.39 is 11.2 Å². The highest BCUT2D eigenvalue weighted by Gasteiger charge is 2.18. The zero-order valence-electron chi connectivity index (χ0n) is 10.1. The van der Waals surface area contributed by atoms with E-state index in [1.807, 2.05) is 17.5 Å². The minimum absolute atomic E-state index is 0.00972. The molecule has 0 bridgehead atoms. The molecule has 0 radical (unpaired) electrons. The number of H-pyrrole nitrogens is 2. The first-order valence-electron chi connectivity index (χ1n) is 5.57. The largest absolute Gasteiger partial charge is 0.356 e. The predicted octanol–water partition coefficient (Wildman–Crippen LogP) is 1.33. The Hall–Kier alpha value is -1.89. The average Bonchev–Trinajstić information content (AvgIpc) is 2.80. The summed E-state index contributed by atoms with van der Waals surface area (Å²) in [6.45, 7) is 4.11. The Morgan fingerprint density at radius 2 is 2.17 bits per heavy atom. The summed E-state index contributed by atoms with van der Waals surface area (Å²) in [6.07, 6.45) is 0. The van der Waals surface area contributed by atoms with E-state index in [9.17, 15) is 9.59 Å². The summed E-state index contributed by atoms with van der Waals surface area (Å²) in [5.74, 6) is 0.415. The maximum Gasteiger partial charge on any atom is 0.342 e. The smallest absolute Gasteiger partial charge is 0.342 e. The van der Waals surface area contributed by atoms with Crippen LogP contribution in [0.5, 0.6) is 0 Å². The zero-order chi connectivity index (χ0) is 13.1. The molecule has 1 atom stereocenters. The molecule has 2 aromatic heterocycles. The highest BCUT2D eigenvalue weighted by Crippen LogP contribution is 2.27. The van der Waals surface area contributed by atoms with E-state index in [-0.39, 0.29) is 17.8 Å². The van der Waals surface area contributed by atoms with Crippen molar-refractivity contribution in [2.45, 2.75) is 19.9 Å². The topological polar surface area (TPSA) is 90.6 Å². The number of thiophene rings is 1. The number of anilines is 1. The van der Waals surface area contributed by atoms with Crippen LogP contribution in [-0.4, -0.2) is 15.2 Å². The molecule has 2 aromatic rings. The van der Waals surface area contributed by atoms with Gasteiger partial charge in [0.15, 0.2) is 0 Å². The van der Waals surface area contributed by atoms with Gasteiger partial charge in [-0.15, -0.1) is 16.4 Å². The van der Waals surface area contributed by atoms with Gasteiger partial charge in [-0.25, -0.2) is 9.89 Å². The van der Waals surface area contributed by atoms with Crippen LogP contribution in [0.1, 0.15) is 24.8 Å². The summed E-state index contributed by atoms with van der Waals surface area (Å²) in [6, 6.07) is 3.95. The first-order chi connectivity index (χ1) is 8.58. The van der Waals surface area contributed by atoms with Gasteiger partial charge in [-0.1, -0.05) is 19.9 Å². The van der Waals surface area contributed by atoms with Crippen LogP contribution < -0.4 is 16.6 Å². The summed E-state index contributed by atoms with van der Waals surface area (Å²) in [5.41, 5.74) is -1.12. The van der Waals surface area contributed by atoms with Crippen molar-refractivity contribution >= 4 is 17.2 Å². The quantitative estimate of drug-likeness (QED) is 0.778. The Morgan fingerprint density at radius 3 is 2.72 bits per heavy atom. The van der Waals surface area contributed by atoms with Gasteiger partial charge >= 0.3 is 5.69 Å². The fourth-order valence-corrected chi connectivity index (χ4v) is 2.58. The van der Waals surface area contributed by atoms with Crippen LogP contribution in [0.15, 0.2) is 27.1 Å². The second kappa shape index (κ2) is 5.18. The van der Waals surface area contributed by atoms with Crippen molar-refractivity contribution in [1.82, 2.24) is 15.2 Å². The van der Waals surface area contributed by atoms with Crippen LogP contribution in [0.2, 0.25) is 0 Å². The van der Waals surface area contributed by atoms with Gasteiger partial charge in [-0.2, -0.15) is 0 Å². The fraction of sp³-hybridized carbons (Fsp3) is 0.364. The van der Waals surface area contributed by atoms with Crippen LogP contribution in [-0.2, 0) is 0 Å². The van der Waals surface area contributed by atoms with Crippen molar-refractivity contribution in [2.75, 3.05) is 5.32 Å². The lowest BCUT2D eigenvalue weighted by molar-refractivity contribution is 0.550. The molecule has 0 saturated heterocycles. The van der Waals surface area contributed by atoms with Gasteiger partial charge in [0, 0.05) is 4.88 Å². The molecule has 0 aromatic carbocycles. The van der Waals surface area contributed by atoms with E-state index in [0.717, 1.165) is 4.88 Å². The molecule has 0 fully saturated rings. The van der Waals surface area contributed by atoms with Crippen LogP contribution >= 0.6 is 11.3 Å². The third-order valence-corrected chi connectivity index (χ3v) is 3.48. The molecule has 0 aliphatic rings. The highest BCUT2D eigenvalue weighted by atomic mass is 32.1. The van der Waals surface area contributed by atoms with Gasteiger partial charge in [-0.3, -0.25) is 9.78 Å². The second-order valence-corrected chi connectivity index (χ2v) is 5.22. The Balaban J connectivity index is 2.30. The number of rotatable bonds is 4. The molecular weight excluding hydrogens is 252 g/mol. The van der Waals surface area contributed by atoms with Gasteiger partial charge in [0.1, 0.15) is 0 Å². The van der Waals surface area contributed by atoms with E-state index >= 15 is 0 Å². The molecule has 0 aliphatic carbocycles. The van der Waals surface area contributed by atoms with E-state index in [0.29, 0.717) is 0 Å². The second-order valence-electron chi connectivity index (χ2n) is 4.24. The third kappa shape index (κ3) is 2.67. The average molecular weight is 266 g/mol. The molecule has 96 valence electrons. The van der Waals surface area contributed by atoms with Crippen molar-refractivity contribution in [3.05, 3.63) is 43.2 Å². The van der Waals surface area contributed by atoms with E-state index in [4.69, 9.17) is 0 Å². The number of aromatic nitrogens is 3. The predicted molar refractivity (Wildman–Crippen MR) is 71.0 cm³/mol. The maximum atomic E-state index is 11.6. The van der Waals surface area contributed by atoms with E-state index in [2.05, 4.69) is 34.3 Å². The number of nitrogens with one attached hydrogen (secondary N) is 3. The lowest BCUT2D eigenvalue weighted by Gasteiger charge is -2.20. The fourth-order valence-electron chi connectivity index (χ4n) is 1.63. The molecule has 6 nitrogen and oxygen atoms in total. The van der Waals surface area contributed by atoms with Crippen molar-refractivity contribution in [1.29, 1.82) is 0 Å². The van der Waals surface area contributed by atoms with Crippen LogP contribution in [0.4, 0.5) is 5.82 Å². The lowest BCUT2D eigenvalue weighted by Crippen LogP contribution is -2.29. The summed E-state index contributed by atoms with van der Waals surface area (Å²) in [5, 5.41) is 11.0. The molecule has 18 heavy (non-hydrogen) atoms. The Bertz CT molecular complexity index is 614. The van der Waals surface area contributed by atoms with Crippen LogP contribution in [0.3, 0.4) is 0 Å². The molecule has 2 heterocycles. The van der Waals surface area contributed by atoms with Crippen LogP contribution in [0, 0.1) is 5.92 Å². The van der Waals surface area contributed by atoms with Crippen molar-refractivity contribution < 1.29 is 0 Å². The Kier molecular flexibility index (Phi) is 3.61. The lowest BCUT2D eigenvalue weighted by atomic mass is 10.0. The maximum absolute atomic E-state index is 11.6. The number of hydrogen-bond donors (Lipinski definition) is 3. The summed E-state index contributed by atoms with van der Waals surface area (Å²) < 4.78 is 0. The van der Waals surface area contributed by atoms with Crippen molar-refractivity contribution in [2.24, 2.45) is 5.92 Å². The molecule has 1 unspecified atom stereocenters. The molecule has 3 N–H and O–H groups in total. The van der Waals surface area contributed by atoms with Crippen LogP contribution in [0.25, 0.3) is 0 Å². The monoisotopic (exact) mass is 266 g/mol. The summed E-state index contributed by atoms with van der Waals surface area (Å²) in [4.78, 5) is 25.7. The van der Waals surface area contributed by atoms with Gasteiger partial charge in [0.25, 0.3) is 5.56 Å². The molecule has 0 aliphatic heterocycles. The van der Waals surface area contributed by atoms with E-state index in [1.54, 1.807) is 11.3 Å². The molecule has 7 heteroatoms. The summed E-state index contributed by atoms with van der Waals surface area (Å²) >= 11 is 1.61. The van der Waals surface area contributed by atoms with Gasteiger partial charge in [0.2, 0.25) is 5.82 Å². The first kappa shape index (κ1) is 12.6. The van der Waals surface area contributed by atoms with Gasteiger partial charge in [0.05, 0.1) is 6.04 Å². The molecule has 0 saturated carbocycles. The molecule has 2 rings (SSSR count). The number of hydrogen-bond acceptors (Lipinski definition) is 5. The van der Waals surface area contributed by atoms with E-state index in [1.165, 1.54) is 0 Å². The SMILES string of the molecule is CC(C)C(Nc1n[nH]c(=O)[nH]c1=O)c1cccs1. The number of aromatic amines is 2. The Labute approximate surface area is 107 Å². The zero-order valence-corrected chi connectivity index (χ0v) is 10.9. The van der Waals surface area contributed by atoms with Gasteiger partial charge in [-0.05, 0) is 17.4 Å². The standard InChI is InChI=1S/C11H14N4O2S/c1-6(2)8(7-4-3-5-18-7)12-9-10(16)13-11(17)15-14-9/h3-6,8H,1-2H3,(H,12,14)(H2,13,15,16,17). The van der Waals surface area contributed by atoms with Crippen molar-refractivity contribution in [3.8, 4) is 0 Å². The molecular formula is C11H14N4O2S. The first-order valence-corrected chi connectivity index (χ1v) is 6.45. The summed E-state index contributed by atoms with van der Waals surface area (Å²) in [7, 11) is 0. The third-order valence-electron chi connectivity index (χ3n) is 2.52. The normalized spacial score (nSPS) is 12.6. The minimum atomic E-state index is -0.609.